The number of aromatic nitrogens is 2. The number of rotatable bonds is 0. The Labute approximate surface area is 86.2 Å². The molecule has 0 unspecified atom stereocenters. The predicted octanol–water partition coefficient (Wildman–Crippen LogP) is 2.02. The number of hydrogen-bond donors (Lipinski definition) is 0. The SMILES string of the molecule is [O-][n+]1cccc2cc3ccccc3nc21. The van der Waals surface area contributed by atoms with Crippen LogP contribution in [0.1, 0.15) is 0 Å². The van der Waals surface area contributed by atoms with Gasteiger partial charge in [-0.3, -0.25) is 0 Å². The maximum atomic E-state index is 11.5. The molecule has 72 valence electrons. The standard InChI is InChI=1S/C12H8N2O/c15-14-7-3-5-10-8-9-4-1-2-6-11(9)13-12(10)14/h1-8H. The van der Waals surface area contributed by atoms with Crippen molar-refractivity contribution < 1.29 is 4.73 Å². The molecule has 3 aromatic rings. The highest BCUT2D eigenvalue weighted by molar-refractivity contribution is 5.89. The Morgan fingerprint density at radius 3 is 2.73 bits per heavy atom. The van der Waals surface area contributed by atoms with Crippen molar-refractivity contribution in [3.05, 3.63) is 53.9 Å². The molecule has 3 heteroatoms. The molecule has 0 fully saturated rings. The zero-order valence-electron chi connectivity index (χ0n) is 7.92. The van der Waals surface area contributed by atoms with E-state index in [1.54, 1.807) is 6.07 Å². The second kappa shape index (κ2) is 2.92. The summed E-state index contributed by atoms with van der Waals surface area (Å²) in [6.45, 7) is 0. The summed E-state index contributed by atoms with van der Waals surface area (Å²) < 4.78 is 0.793. The van der Waals surface area contributed by atoms with E-state index in [1.807, 2.05) is 36.4 Å². The Morgan fingerprint density at radius 2 is 1.80 bits per heavy atom. The van der Waals surface area contributed by atoms with Crippen molar-refractivity contribution in [2.24, 2.45) is 0 Å². The Balaban J connectivity index is 2.53. The first kappa shape index (κ1) is 8.17. The Bertz CT molecular complexity index is 649. The predicted molar refractivity (Wildman–Crippen MR) is 58.2 cm³/mol. The van der Waals surface area contributed by atoms with Gasteiger partial charge in [0.25, 0.3) is 0 Å². The maximum absolute atomic E-state index is 11.5. The second-order valence-electron chi connectivity index (χ2n) is 3.43. The van der Waals surface area contributed by atoms with Crippen molar-refractivity contribution in [1.29, 1.82) is 0 Å². The molecule has 0 bridgehead atoms. The lowest BCUT2D eigenvalue weighted by Crippen LogP contribution is -2.26. The van der Waals surface area contributed by atoms with E-state index in [-0.39, 0.29) is 0 Å². The molecule has 0 saturated carbocycles. The Kier molecular flexibility index (Phi) is 1.59. The van der Waals surface area contributed by atoms with E-state index in [0.29, 0.717) is 5.65 Å². The third-order valence-corrected chi connectivity index (χ3v) is 2.44. The van der Waals surface area contributed by atoms with Gasteiger partial charge in [0, 0.05) is 5.39 Å². The van der Waals surface area contributed by atoms with Crippen LogP contribution >= 0.6 is 0 Å². The van der Waals surface area contributed by atoms with Gasteiger partial charge in [-0.15, -0.1) is 0 Å². The van der Waals surface area contributed by atoms with Gasteiger partial charge in [-0.1, -0.05) is 18.2 Å². The van der Waals surface area contributed by atoms with Crippen LogP contribution in [0.15, 0.2) is 48.7 Å². The summed E-state index contributed by atoms with van der Waals surface area (Å²) in [4.78, 5) is 4.33. The number of fused-ring (bicyclic) bond motifs is 2. The molecule has 0 N–H and O–H groups in total. The summed E-state index contributed by atoms with van der Waals surface area (Å²) in [5.41, 5.74) is 1.32. The van der Waals surface area contributed by atoms with Crippen LogP contribution < -0.4 is 4.73 Å². The van der Waals surface area contributed by atoms with Crippen LogP contribution in [0.3, 0.4) is 0 Å². The molecule has 3 rings (SSSR count). The van der Waals surface area contributed by atoms with E-state index < -0.39 is 0 Å². The van der Waals surface area contributed by atoms with Crippen LogP contribution in [-0.2, 0) is 0 Å². The van der Waals surface area contributed by atoms with Crippen molar-refractivity contribution in [2.75, 3.05) is 0 Å². The van der Waals surface area contributed by atoms with Crippen molar-refractivity contribution in [2.45, 2.75) is 0 Å². The average molecular weight is 196 g/mol. The van der Waals surface area contributed by atoms with Crippen LogP contribution in [-0.4, -0.2) is 4.98 Å². The summed E-state index contributed by atoms with van der Waals surface area (Å²) in [6, 6.07) is 13.4. The summed E-state index contributed by atoms with van der Waals surface area (Å²) in [5, 5.41) is 13.4. The van der Waals surface area contributed by atoms with Gasteiger partial charge in [0.15, 0.2) is 5.52 Å². The average Bonchev–Trinajstić information content (AvgIpc) is 2.27. The molecule has 0 aliphatic heterocycles. The van der Waals surface area contributed by atoms with E-state index in [4.69, 9.17) is 0 Å². The molecule has 0 aliphatic carbocycles. The van der Waals surface area contributed by atoms with Crippen molar-refractivity contribution >= 4 is 21.9 Å². The molecule has 3 nitrogen and oxygen atoms in total. The molecule has 0 atom stereocenters. The number of nitrogens with zero attached hydrogens (tertiary/aromatic N) is 2. The van der Waals surface area contributed by atoms with Gasteiger partial charge in [-0.05, 0) is 29.2 Å². The minimum atomic E-state index is 0.469. The molecule has 0 saturated heterocycles. The molecule has 0 amide bonds. The van der Waals surface area contributed by atoms with Gasteiger partial charge in [-0.2, -0.15) is 0 Å². The van der Waals surface area contributed by atoms with Crippen molar-refractivity contribution in [1.82, 2.24) is 4.98 Å². The number of hydrogen-bond acceptors (Lipinski definition) is 2. The first-order valence-corrected chi connectivity index (χ1v) is 4.72. The number of para-hydroxylation sites is 1. The largest absolute Gasteiger partial charge is 0.710 e. The first-order valence-electron chi connectivity index (χ1n) is 4.72. The third-order valence-electron chi connectivity index (χ3n) is 2.44. The van der Waals surface area contributed by atoms with Gasteiger partial charge >= 0.3 is 5.65 Å². The number of pyridine rings is 2. The fraction of sp³-hybridized carbons (Fsp3) is 0. The summed E-state index contributed by atoms with van der Waals surface area (Å²) >= 11 is 0. The van der Waals surface area contributed by atoms with E-state index in [1.165, 1.54) is 6.20 Å². The summed E-state index contributed by atoms with van der Waals surface area (Å²) in [7, 11) is 0. The van der Waals surface area contributed by atoms with Crippen LogP contribution in [0, 0.1) is 5.21 Å². The molecule has 1 aromatic carbocycles. The third kappa shape index (κ3) is 1.21. The fourth-order valence-corrected chi connectivity index (χ4v) is 1.72. The molecule has 2 aromatic heterocycles. The van der Waals surface area contributed by atoms with Crippen molar-refractivity contribution in [3.8, 4) is 0 Å². The second-order valence-corrected chi connectivity index (χ2v) is 3.43. The minimum absolute atomic E-state index is 0.469. The highest BCUT2D eigenvalue weighted by Crippen LogP contribution is 2.16. The van der Waals surface area contributed by atoms with Gasteiger partial charge in [0.05, 0.1) is 11.6 Å². The zero-order chi connectivity index (χ0) is 10.3. The smallest absolute Gasteiger partial charge is 0.333 e. The monoisotopic (exact) mass is 196 g/mol. The quantitative estimate of drug-likeness (QED) is 0.313. The lowest BCUT2D eigenvalue weighted by Gasteiger charge is -2.02. The zero-order valence-corrected chi connectivity index (χ0v) is 7.92. The lowest BCUT2D eigenvalue weighted by atomic mass is 10.2. The van der Waals surface area contributed by atoms with Gasteiger partial charge < -0.3 is 5.21 Å². The topological polar surface area (TPSA) is 39.8 Å². The van der Waals surface area contributed by atoms with Crippen LogP contribution in [0.25, 0.3) is 21.9 Å². The van der Waals surface area contributed by atoms with Gasteiger partial charge in [0.1, 0.15) is 0 Å². The van der Waals surface area contributed by atoms with E-state index >= 15 is 0 Å². The van der Waals surface area contributed by atoms with E-state index in [9.17, 15) is 5.21 Å². The van der Waals surface area contributed by atoms with Crippen LogP contribution in [0.4, 0.5) is 0 Å². The highest BCUT2D eigenvalue weighted by Gasteiger charge is 2.07. The summed E-state index contributed by atoms with van der Waals surface area (Å²) in [5.74, 6) is 0. The molecular formula is C12H8N2O. The molecule has 2 heterocycles. The van der Waals surface area contributed by atoms with Gasteiger partial charge in [-0.25, -0.2) is 4.73 Å². The number of benzene rings is 1. The normalized spacial score (nSPS) is 10.9. The maximum Gasteiger partial charge on any atom is 0.333 e. The molecular weight excluding hydrogens is 188 g/mol. The van der Waals surface area contributed by atoms with Crippen LogP contribution in [0.5, 0.6) is 0 Å². The Hall–Kier alpha value is -2.16. The van der Waals surface area contributed by atoms with Gasteiger partial charge in [0.2, 0.25) is 0 Å². The van der Waals surface area contributed by atoms with E-state index in [0.717, 1.165) is 21.0 Å². The Morgan fingerprint density at radius 1 is 1.00 bits per heavy atom. The summed E-state index contributed by atoms with van der Waals surface area (Å²) in [6.07, 6.45) is 1.46. The molecule has 0 radical (unpaired) electrons. The van der Waals surface area contributed by atoms with Crippen LogP contribution in [0.2, 0.25) is 0 Å². The first-order chi connectivity index (χ1) is 7.34. The van der Waals surface area contributed by atoms with E-state index in [2.05, 4.69) is 4.98 Å². The molecule has 15 heavy (non-hydrogen) atoms. The fourth-order valence-electron chi connectivity index (χ4n) is 1.72. The molecule has 0 aliphatic rings. The molecule has 0 spiro atoms. The minimum Gasteiger partial charge on any atom is -0.710 e. The highest BCUT2D eigenvalue weighted by atomic mass is 16.5. The van der Waals surface area contributed by atoms with Crippen molar-refractivity contribution in [3.63, 3.8) is 0 Å². The lowest BCUT2D eigenvalue weighted by molar-refractivity contribution is -0.579.